The number of hydrogen-bond donors (Lipinski definition) is 1. The molecule has 6 nitrogen and oxygen atoms in total. The van der Waals surface area contributed by atoms with Crippen molar-refractivity contribution in [3.63, 3.8) is 0 Å². The van der Waals surface area contributed by atoms with Gasteiger partial charge >= 0.3 is 0 Å². The lowest BCUT2D eigenvalue weighted by Gasteiger charge is -2.35. The molecule has 0 radical (unpaired) electrons. The molecule has 2 aromatic carbocycles. The van der Waals surface area contributed by atoms with E-state index in [0.29, 0.717) is 44.8 Å². The lowest BCUT2D eigenvalue weighted by molar-refractivity contribution is -0.134. The number of carbonyl (C=O) groups is 2. The molecule has 0 saturated carbocycles. The van der Waals surface area contributed by atoms with Crippen LogP contribution in [-0.4, -0.2) is 72.8 Å². The Morgan fingerprint density at radius 2 is 1.70 bits per heavy atom. The molecule has 0 spiro atoms. The minimum Gasteiger partial charge on any atom is -0.339 e. The monoisotopic (exact) mass is 412 g/mol. The van der Waals surface area contributed by atoms with Gasteiger partial charge in [0.1, 0.15) is 5.82 Å². The van der Waals surface area contributed by atoms with Crippen LogP contribution in [0, 0.1) is 12.7 Å². The van der Waals surface area contributed by atoms with Crippen LogP contribution < -0.4 is 5.32 Å². The third-order valence-electron chi connectivity index (χ3n) is 5.23. The second-order valence-electron chi connectivity index (χ2n) is 7.83. The van der Waals surface area contributed by atoms with E-state index in [1.54, 1.807) is 18.2 Å². The van der Waals surface area contributed by atoms with Gasteiger partial charge in [0.05, 0.1) is 13.1 Å². The molecule has 1 aliphatic rings. The zero-order valence-corrected chi connectivity index (χ0v) is 17.6. The molecule has 3 rings (SSSR count). The van der Waals surface area contributed by atoms with Crippen molar-refractivity contribution in [2.24, 2.45) is 0 Å². The quantitative estimate of drug-likeness (QED) is 0.759. The summed E-state index contributed by atoms with van der Waals surface area (Å²) >= 11 is 0. The first-order valence-corrected chi connectivity index (χ1v) is 10.2. The van der Waals surface area contributed by atoms with Gasteiger partial charge in [-0.05, 0) is 32.2 Å². The summed E-state index contributed by atoms with van der Waals surface area (Å²) in [5.74, 6) is -0.282. The SMILES string of the molecule is Cc1ccc(NC(=O)CN2CCN(C(=O)CN(C)Cc3ccccc3F)CC2)cc1. The van der Waals surface area contributed by atoms with E-state index in [-0.39, 0.29) is 24.2 Å². The molecule has 1 N–H and O–H groups in total. The highest BCUT2D eigenvalue weighted by molar-refractivity contribution is 5.92. The Morgan fingerprint density at radius 3 is 2.37 bits per heavy atom. The van der Waals surface area contributed by atoms with E-state index >= 15 is 0 Å². The van der Waals surface area contributed by atoms with Crippen molar-refractivity contribution in [1.29, 1.82) is 0 Å². The lowest BCUT2D eigenvalue weighted by atomic mass is 10.2. The molecule has 2 amide bonds. The van der Waals surface area contributed by atoms with Crippen molar-refractivity contribution in [3.8, 4) is 0 Å². The van der Waals surface area contributed by atoms with Crippen molar-refractivity contribution < 1.29 is 14.0 Å². The fourth-order valence-electron chi connectivity index (χ4n) is 3.50. The van der Waals surface area contributed by atoms with Gasteiger partial charge in [-0.25, -0.2) is 4.39 Å². The van der Waals surface area contributed by atoms with E-state index in [9.17, 15) is 14.0 Å². The van der Waals surface area contributed by atoms with E-state index in [2.05, 4.69) is 10.2 Å². The van der Waals surface area contributed by atoms with Crippen molar-refractivity contribution in [1.82, 2.24) is 14.7 Å². The molecular weight excluding hydrogens is 383 g/mol. The summed E-state index contributed by atoms with van der Waals surface area (Å²) in [5.41, 5.74) is 2.52. The van der Waals surface area contributed by atoms with Crippen LogP contribution in [0.1, 0.15) is 11.1 Å². The summed E-state index contributed by atoms with van der Waals surface area (Å²) in [7, 11) is 1.82. The molecule has 0 aromatic heterocycles. The Bertz CT molecular complexity index is 864. The number of benzene rings is 2. The molecule has 1 heterocycles. The number of halogens is 1. The number of anilines is 1. The molecule has 1 aliphatic heterocycles. The van der Waals surface area contributed by atoms with Gasteiger partial charge in [-0.1, -0.05) is 35.9 Å². The zero-order valence-electron chi connectivity index (χ0n) is 17.6. The van der Waals surface area contributed by atoms with Crippen LogP contribution in [0.3, 0.4) is 0 Å². The fourth-order valence-corrected chi connectivity index (χ4v) is 3.50. The minimum absolute atomic E-state index is 0.0256. The van der Waals surface area contributed by atoms with Gasteiger partial charge in [0.15, 0.2) is 0 Å². The number of aryl methyl sites for hydroxylation is 1. The number of rotatable bonds is 7. The Labute approximate surface area is 177 Å². The predicted molar refractivity (Wildman–Crippen MR) is 116 cm³/mol. The Hall–Kier alpha value is -2.77. The van der Waals surface area contributed by atoms with Crippen LogP contribution in [0.2, 0.25) is 0 Å². The average Bonchev–Trinajstić information content (AvgIpc) is 2.72. The summed E-state index contributed by atoms with van der Waals surface area (Å²) < 4.78 is 13.8. The van der Waals surface area contributed by atoms with E-state index in [1.807, 2.05) is 48.0 Å². The number of piperazine rings is 1. The van der Waals surface area contributed by atoms with Crippen LogP contribution in [0.4, 0.5) is 10.1 Å². The number of nitrogens with zero attached hydrogens (tertiary/aromatic N) is 3. The largest absolute Gasteiger partial charge is 0.339 e. The van der Waals surface area contributed by atoms with Crippen LogP contribution in [-0.2, 0) is 16.1 Å². The van der Waals surface area contributed by atoms with Crippen LogP contribution in [0.5, 0.6) is 0 Å². The third kappa shape index (κ3) is 6.37. The maximum atomic E-state index is 13.8. The minimum atomic E-state index is -0.255. The van der Waals surface area contributed by atoms with E-state index in [1.165, 1.54) is 6.07 Å². The van der Waals surface area contributed by atoms with Gasteiger partial charge in [-0.3, -0.25) is 19.4 Å². The van der Waals surface area contributed by atoms with Gasteiger partial charge in [0, 0.05) is 44.0 Å². The molecule has 0 bridgehead atoms. The van der Waals surface area contributed by atoms with Gasteiger partial charge in [-0.2, -0.15) is 0 Å². The van der Waals surface area contributed by atoms with Crippen LogP contribution >= 0.6 is 0 Å². The standard InChI is InChI=1S/C23H29FN4O2/c1-18-7-9-20(10-8-18)25-22(29)16-27-11-13-28(14-12-27)23(30)17-26(2)15-19-5-3-4-6-21(19)24/h3-10H,11-17H2,1-2H3,(H,25,29). The summed E-state index contributed by atoms with van der Waals surface area (Å²) in [4.78, 5) is 30.5. The first kappa shape index (κ1) is 21.9. The lowest BCUT2D eigenvalue weighted by Crippen LogP contribution is -2.52. The normalized spacial score (nSPS) is 14.7. The Balaban J connectivity index is 1.40. The molecular formula is C23H29FN4O2. The summed E-state index contributed by atoms with van der Waals surface area (Å²) in [6.07, 6.45) is 0. The number of amides is 2. The Morgan fingerprint density at radius 1 is 1.03 bits per heavy atom. The molecule has 30 heavy (non-hydrogen) atoms. The molecule has 1 fully saturated rings. The topological polar surface area (TPSA) is 55.9 Å². The molecule has 0 unspecified atom stereocenters. The number of carbonyl (C=O) groups excluding carboxylic acids is 2. The second kappa shape index (κ2) is 10.3. The highest BCUT2D eigenvalue weighted by Crippen LogP contribution is 2.11. The first-order valence-electron chi connectivity index (χ1n) is 10.2. The first-order chi connectivity index (χ1) is 14.4. The summed E-state index contributed by atoms with van der Waals surface area (Å²) in [6, 6.07) is 14.3. The molecule has 2 aromatic rings. The van der Waals surface area contributed by atoms with Crippen molar-refractivity contribution in [2.75, 3.05) is 51.6 Å². The Kier molecular flexibility index (Phi) is 7.54. The van der Waals surface area contributed by atoms with Crippen molar-refractivity contribution in [2.45, 2.75) is 13.5 Å². The molecule has 0 atom stereocenters. The van der Waals surface area contributed by atoms with Gasteiger partial charge < -0.3 is 10.2 Å². The van der Waals surface area contributed by atoms with Gasteiger partial charge in [-0.15, -0.1) is 0 Å². The maximum Gasteiger partial charge on any atom is 0.238 e. The number of nitrogens with one attached hydrogen (secondary N) is 1. The predicted octanol–water partition coefficient (Wildman–Crippen LogP) is 2.35. The van der Waals surface area contributed by atoms with E-state index < -0.39 is 0 Å². The zero-order chi connectivity index (χ0) is 21.5. The van der Waals surface area contributed by atoms with Gasteiger partial charge in [0.25, 0.3) is 0 Å². The van der Waals surface area contributed by atoms with E-state index in [4.69, 9.17) is 0 Å². The highest BCUT2D eigenvalue weighted by Gasteiger charge is 2.23. The summed E-state index contributed by atoms with van der Waals surface area (Å²) in [6.45, 7) is 5.43. The fraction of sp³-hybridized carbons (Fsp3) is 0.391. The molecule has 160 valence electrons. The van der Waals surface area contributed by atoms with Gasteiger partial charge in [0.2, 0.25) is 11.8 Å². The second-order valence-corrected chi connectivity index (χ2v) is 7.83. The smallest absolute Gasteiger partial charge is 0.238 e. The average molecular weight is 413 g/mol. The summed E-state index contributed by atoms with van der Waals surface area (Å²) in [5, 5.41) is 2.91. The molecule has 0 aliphatic carbocycles. The maximum absolute atomic E-state index is 13.8. The molecule has 1 saturated heterocycles. The van der Waals surface area contributed by atoms with Crippen LogP contribution in [0.15, 0.2) is 48.5 Å². The number of likely N-dealkylation sites (N-methyl/N-ethyl adjacent to an activating group) is 1. The van der Waals surface area contributed by atoms with Crippen molar-refractivity contribution in [3.05, 3.63) is 65.5 Å². The highest BCUT2D eigenvalue weighted by atomic mass is 19.1. The van der Waals surface area contributed by atoms with Crippen LogP contribution in [0.25, 0.3) is 0 Å². The molecule has 7 heteroatoms. The van der Waals surface area contributed by atoms with E-state index in [0.717, 1.165) is 11.3 Å². The van der Waals surface area contributed by atoms with Crippen molar-refractivity contribution >= 4 is 17.5 Å². The third-order valence-corrected chi connectivity index (χ3v) is 5.23. The number of hydrogen-bond acceptors (Lipinski definition) is 4.